The number of oxime groups is 1. The van der Waals surface area contributed by atoms with Crippen molar-refractivity contribution in [2.75, 3.05) is 7.11 Å². The Morgan fingerprint density at radius 3 is 2.57 bits per heavy atom. The Morgan fingerprint density at radius 2 is 1.95 bits per heavy atom. The van der Waals surface area contributed by atoms with Gasteiger partial charge in [-0.2, -0.15) is 0 Å². The van der Waals surface area contributed by atoms with Crippen LogP contribution in [0.1, 0.15) is 11.1 Å². The molecule has 0 unspecified atom stereocenters. The van der Waals surface area contributed by atoms with Gasteiger partial charge in [-0.3, -0.25) is 0 Å². The molecule has 0 aliphatic rings. The van der Waals surface area contributed by atoms with E-state index in [-0.39, 0.29) is 5.84 Å². The molecule has 0 spiro atoms. The molecule has 2 rings (SSSR count). The van der Waals surface area contributed by atoms with E-state index in [9.17, 15) is 0 Å². The number of ether oxygens (including phenoxy) is 2. The third-order valence-electron chi connectivity index (χ3n) is 2.87. The monoisotopic (exact) mass is 350 g/mol. The third-order valence-corrected chi connectivity index (χ3v) is 3.53. The van der Waals surface area contributed by atoms with E-state index in [1.165, 1.54) is 0 Å². The van der Waals surface area contributed by atoms with E-state index in [2.05, 4.69) is 21.1 Å². The summed E-state index contributed by atoms with van der Waals surface area (Å²) in [6, 6.07) is 13.2. The first-order valence-corrected chi connectivity index (χ1v) is 6.97. The van der Waals surface area contributed by atoms with E-state index < -0.39 is 0 Å². The zero-order valence-electron chi connectivity index (χ0n) is 11.4. The van der Waals surface area contributed by atoms with E-state index >= 15 is 0 Å². The first kappa shape index (κ1) is 15.2. The maximum absolute atomic E-state index is 8.81. The maximum Gasteiger partial charge on any atom is 0.171 e. The summed E-state index contributed by atoms with van der Waals surface area (Å²) in [4.78, 5) is 0. The number of rotatable bonds is 5. The zero-order valence-corrected chi connectivity index (χ0v) is 13.0. The van der Waals surface area contributed by atoms with Crippen molar-refractivity contribution in [2.45, 2.75) is 6.61 Å². The van der Waals surface area contributed by atoms with Crippen molar-refractivity contribution < 1.29 is 14.7 Å². The van der Waals surface area contributed by atoms with E-state index in [0.717, 1.165) is 5.56 Å². The van der Waals surface area contributed by atoms with Gasteiger partial charge in [0.2, 0.25) is 0 Å². The molecule has 2 aromatic carbocycles. The van der Waals surface area contributed by atoms with Crippen LogP contribution in [-0.4, -0.2) is 18.2 Å². The fourth-order valence-electron chi connectivity index (χ4n) is 1.79. The molecule has 0 fully saturated rings. The van der Waals surface area contributed by atoms with Crippen LogP contribution in [0.3, 0.4) is 0 Å². The predicted molar refractivity (Wildman–Crippen MR) is 84.0 cm³/mol. The van der Waals surface area contributed by atoms with E-state index in [4.69, 9.17) is 20.4 Å². The van der Waals surface area contributed by atoms with Crippen molar-refractivity contribution in [3.63, 3.8) is 0 Å². The third kappa shape index (κ3) is 3.66. The molecular weight excluding hydrogens is 336 g/mol. The summed E-state index contributed by atoms with van der Waals surface area (Å²) in [6.07, 6.45) is 0. The van der Waals surface area contributed by atoms with E-state index in [1.807, 2.05) is 30.3 Å². The first-order valence-electron chi connectivity index (χ1n) is 6.18. The van der Waals surface area contributed by atoms with Crippen molar-refractivity contribution in [3.8, 4) is 11.5 Å². The molecule has 21 heavy (non-hydrogen) atoms. The number of methoxy groups -OCH3 is 1. The lowest BCUT2D eigenvalue weighted by Gasteiger charge is -2.13. The van der Waals surface area contributed by atoms with Crippen molar-refractivity contribution in [3.05, 3.63) is 58.1 Å². The SMILES string of the molecule is COc1cc(Br)c(C(N)=NO)cc1OCc1ccccc1. The Morgan fingerprint density at radius 1 is 1.24 bits per heavy atom. The van der Waals surface area contributed by atoms with E-state index in [0.29, 0.717) is 28.1 Å². The molecule has 0 bridgehead atoms. The van der Waals surface area contributed by atoms with Crippen molar-refractivity contribution >= 4 is 21.8 Å². The van der Waals surface area contributed by atoms with Gasteiger partial charge in [-0.15, -0.1) is 0 Å². The average Bonchev–Trinajstić information content (AvgIpc) is 2.53. The molecule has 0 saturated heterocycles. The van der Waals surface area contributed by atoms with Gasteiger partial charge in [0.1, 0.15) is 6.61 Å². The first-order chi connectivity index (χ1) is 10.2. The highest BCUT2D eigenvalue weighted by molar-refractivity contribution is 9.10. The van der Waals surface area contributed by atoms with Crippen molar-refractivity contribution in [2.24, 2.45) is 10.9 Å². The second kappa shape index (κ2) is 6.99. The van der Waals surface area contributed by atoms with E-state index in [1.54, 1.807) is 19.2 Å². The minimum atomic E-state index is -0.00547. The number of nitrogens with zero attached hydrogens (tertiary/aromatic N) is 1. The Labute approximate surface area is 131 Å². The highest BCUT2D eigenvalue weighted by atomic mass is 79.9. The fraction of sp³-hybridized carbons (Fsp3) is 0.133. The van der Waals surface area contributed by atoms with Gasteiger partial charge in [0, 0.05) is 10.0 Å². The largest absolute Gasteiger partial charge is 0.493 e. The quantitative estimate of drug-likeness (QED) is 0.376. The molecule has 3 N–H and O–H groups in total. The summed E-state index contributed by atoms with van der Waals surface area (Å²) in [5.74, 6) is 1.08. The second-order valence-corrected chi connectivity index (χ2v) is 5.10. The van der Waals surface area contributed by atoms with Crippen LogP contribution in [0.25, 0.3) is 0 Å². The van der Waals surface area contributed by atoms with Gasteiger partial charge in [0.05, 0.1) is 7.11 Å². The van der Waals surface area contributed by atoms with Gasteiger partial charge in [0.25, 0.3) is 0 Å². The van der Waals surface area contributed by atoms with Crippen LogP contribution in [0.4, 0.5) is 0 Å². The summed E-state index contributed by atoms with van der Waals surface area (Å²) in [6.45, 7) is 0.397. The number of nitrogens with two attached hydrogens (primary N) is 1. The van der Waals surface area contributed by atoms with Crippen LogP contribution in [0, 0.1) is 0 Å². The molecule has 0 amide bonds. The topological polar surface area (TPSA) is 77.1 Å². The molecule has 110 valence electrons. The van der Waals surface area contributed by atoms with Gasteiger partial charge in [-0.1, -0.05) is 35.5 Å². The predicted octanol–water partition coefficient (Wildman–Crippen LogP) is 3.13. The average molecular weight is 351 g/mol. The van der Waals surface area contributed by atoms with Gasteiger partial charge in [-0.05, 0) is 33.6 Å². The van der Waals surface area contributed by atoms with Gasteiger partial charge >= 0.3 is 0 Å². The minimum Gasteiger partial charge on any atom is -0.493 e. The van der Waals surface area contributed by atoms with Crippen LogP contribution in [-0.2, 0) is 6.61 Å². The molecule has 0 saturated carbocycles. The Kier molecular flexibility index (Phi) is 5.05. The molecule has 0 aromatic heterocycles. The number of hydrogen-bond donors (Lipinski definition) is 2. The van der Waals surface area contributed by atoms with Gasteiger partial charge in [-0.25, -0.2) is 0 Å². The Bertz CT molecular complexity index is 645. The summed E-state index contributed by atoms with van der Waals surface area (Å²) >= 11 is 3.35. The lowest BCUT2D eigenvalue weighted by Crippen LogP contribution is -2.14. The Balaban J connectivity index is 2.28. The van der Waals surface area contributed by atoms with Crippen LogP contribution >= 0.6 is 15.9 Å². The van der Waals surface area contributed by atoms with Crippen molar-refractivity contribution in [1.82, 2.24) is 0 Å². The second-order valence-electron chi connectivity index (χ2n) is 4.24. The number of amidine groups is 1. The molecule has 0 radical (unpaired) electrons. The summed E-state index contributed by atoms with van der Waals surface area (Å²) in [5, 5.41) is 11.8. The number of benzene rings is 2. The summed E-state index contributed by atoms with van der Waals surface area (Å²) < 4.78 is 11.7. The van der Waals surface area contributed by atoms with Gasteiger partial charge < -0.3 is 20.4 Å². The molecule has 5 nitrogen and oxygen atoms in total. The van der Waals surface area contributed by atoms with Crippen LogP contribution in [0.15, 0.2) is 52.1 Å². The molecule has 2 aromatic rings. The molecule has 0 aliphatic heterocycles. The van der Waals surface area contributed by atoms with Crippen molar-refractivity contribution in [1.29, 1.82) is 0 Å². The molecule has 0 atom stereocenters. The standard InChI is InChI=1S/C15H15BrN2O3/c1-20-13-8-12(16)11(15(17)18-19)7-14(13)21-9-10-5-3-2-4-6-10/h2-8,19H,9H2,1H3,(H2,17,18). The summed E-state index contributed by atoms with van der Waals surface area (Å²) in [5.41, 5.74) is 7.20. The lowest BCUT2D eigenvalue weighted by atomic mass is 10.2. The lowest BCUT2D eigenvalue weighted by molar-refractivity contribution is 0.284. The Hall–Kier alpha value is -2.21. The zero-order chi connectivity index (χ0) is 15.2. The molecule has 0 aliphatic carbocycles. The van der Waals surface area contributed by atoms with Crippen LogP contribution in [0.5, 0.6) is 11.5 Å². The normalized spacial score (nSPS) is 11.2. The minimum absolute atomic E-state index is 0.00547. The number of halogens is 1. The smallest absolute Gasteiger partial charge is 0.171 e. The van der Waals surface area contributed by atoms with Gasteiger partial charge in [0.15, 0.2) is 17.3 Å². The number of hydrogen-bond acceptors (Lipinski definition) is 4. The molecular formula is C15H15BrN2O3. The molecule has 0 heterocycles. The molecule has 6 heteroatoms. The summed E-state index contributed by atoms with van der Waals surface area (Å²) in [7, 11) is 1.56. The highest BCUT2D eigenvalue weighted by Gasteiger charge is 2.13. The van der Waals surface area contributed by atoms with Crippen LogP contribution in [0.2, 0.25) is 0 Å². The maximum atomic E-state index is 8.81. The van der Waals surface area contributed by atoms with Crippen LogP contribution < -0.4 is 15.2 Å². The fourth-order valence-corrected chi connectivity index (χ4v) is 2.32. The highest BCUT2D eigenvalue weighted by Crippen LogP contribution is 2.34.